The third kappa shape index (κ3) is 2.58. The van der Waals surface area contributed by atoms with Gasteiger partial charge in [0.25, 0.3) is 0 Å². The maximum Gasteiger partial charge on any atom is 0.172 e. The van der Waals surface area contributed by atoms with Crippen LogP contribution in [0.5, 0.6) is 0 Å². The van der Waals surface area contributed by atoms with Crippen LogP contribution in [-0.4, -0.2) is 4.98 Å². The van der Waals surface area contributed by atoms with Gasteiger partial charge in [-0.05, 0) is 12.1 Å². The fourth-order valence-electron chi connectivity index (χ4n) is 3.84. The van der Waals surface area contributed by atoms with Gasteiger partial charge in [0.15, 0.2) is 7.14 Å². The van der Waals surface area contributed by atoms with Gasteiger partial charge in [-0.2, -0.15) is 0 Å². The summed E-state index contributed by atoms with van der Waals surface area (Å²) in [6.45, 7) is 0. The molecule has 3 heteroatoms. The van der Waals surface area contributed by atoms with E-state index in [1.165, 1.54) is 0 Å². The first-order chi connectivity index (χ1) is 13.8. The van der Waals surface area contributed by atoms with Gasteiger partial charge in [-0.1, -0.05) is 97.1 Å². The van der Waals surface area contributed by atoms with Crippen LogP contribution >= 0.6 is 7.14 Å². The van der Waals surface area contributed by atoms with Crippen molar-refractivity contribution in [2.24, 2.45) is 0 Å². The van der Waals surface area contributed by atoms with Gasteiger partial charge in [0, 0.05) is 26.7 Å². The molecule has 0 saturated heterocycles. The summed E-state index contributed by atoms with van der Waals surface area (Å²) in [5.41, 5.74) is 1.73. The van der Waals surface area contributed by atoms with Gasteiger partial charge < -0.3 is 4.57 Å². The highest BCUT2D eigenvalue weighted by atomic mass is 31.2. The SMILES string of the molecule is O=P(c1ccccc1)(c1ccccc1)c1c2ccccc2nc2ccccc12. The standard InChI is InChI=1S/C25H18NOP/c27-28(19-11-3-1-4-12-19,20-13-5-2-6-14-20)25-21-15-7-9-17-23(21)26-24-18-10-8-16-22(24)25/h1-18H. The molecule has 0 aliphatic rings. The first-order valence-electron chi connectivity index (χ1n) is 9.28. The molecule has 0 bridgehead atoms. The summed E-state index contributed by atoms with van der Waals surface area (Å²) in [6.07, 6.45) is 0. The fraction of sp³-hybridized carbons (Fsp3) is 0. The van der Waals surface area contributed by atoms with E-state index in [4.69, 9.17) is 4.98 Å². The lowest BCUT2D eigenvalue weighted by molar-refractivity contribution is 0.593. The van der Waals surface area contributed by atoms with Gasteiger partial charge in [0.2, 0.25) is 0 Å². The number of nitrogens with zero attached hydrogens (tertiary/aromatic N) is 1. The van der Waals surface area contributed by atoms with E-state index >= 15 is 4.57 Å². The van der Waals surface area contributed by atoms with Crippen molar-refractivity contribution >= 4 is 44.9 Å². The highest BCUT2D eigenvalue weighted by molar-refractivity contribution is 7.86. The summed E-state index contributed by atoms with van der Waals surface area (Å²) in [7, 11) is -3.11. The van der Waals surface area contributed by atoms with E-state index in [1.54, 1.807) is 0 Å². The topological polar surface area (TPSA) is 30.0 Å². The zero-order chi connectivity index (χ0) is 19.0. The number of pyridine rings is 1. The number of rotatable bonds is 3. The van der Waals surface area contributed by atoms with E-state index in [0.29, 0.717) is 0 Å². The normalized spacial score (nSPS) is 11.7. The van der Waals surface area contributed by atoms with Crippen molar-refractivity contribution in [3.05, 3.63) is 109 Å². The molecule has 134 valence electrons. The summed E-state index contributed by atoms with van der Waals surface area (Å²) in [4.78, 5) is 4.82. The second kappa shape index (κ2) is 6.74. The molecular formula is C25H18NOP. The maximum atomic E-state index is 15.0. The smallest absolute Gasteiger partial charge is 0.172 e. The van der Waals surface area contributed by atoms with Crippen LogP contribution in [0.3, 0.4) is 0 Å². The van der Waals surface area contributed by atoms with E-state index in [9.17, 15) is 0 Å². The zero-order valence-electron chi connectivity index (χ0n) is 15.2. The second-order valence-electron chi connectivity index (χ2n) is 6.78. The zero-order valence-corrected chi connectivity index (χ0v) is 16.1. The molecular weight excluding hydrogens is 361 g/mol. The number of benzene rings is 4. The van der Waals surface area contributed by atoms with E-state index in [1.807, 2.05) is 109 Å². The van der Waals surface area contributed by atoms with Gasteiger partial charge in [-0.25, -0.2) is 4.98 Å². The predicted molar refractivity (Wildman–Crippen MR) is 119 cm³/mol. The number of hydrogen-bond acceptors (Lipinski definition) is 2. The lowest BCUT2D eigenvalue weighted by Crippen LogP contribution is -2.26. The molecule has 5 rings (SSSR count). The quantitative estimate of drug-likeness (QED) is 0.325. The van der Waals surface area contributed by atoms with Crippen LogP contribution in [0.2, 0.25) is 0 Å². The second-order valence-corrected chi connectivity index (χ2v) is 9.47. The summed E-state index contributed by atoms with van der Waals surface area (Å²) in [5, 5.41) is 4.42. The lowest BCUT2D eigenvalue weighted by atomic mass is 10.1. The Morgan fingerprint density at radius 3 is 1.36 bits per heavy atom. The van der Waals surface area contributed by atoms with E-state index in [-0.39, 0.29) is 0 Å². The fourth-order valence-corrected chi connectivity index (χ4v) is 6.90. The van der Waals surface area contributed by atoms with Gasteiger partial charge >= 0.3 is 0 Å². The molecule has 0 spiro atoms. The van der Waals surface area contributed by atoms with Crippen molar-refractivity contribution in [1.82, 2.24) is 4.98 Å². The Balaban J connectivity index is 2.01. The molecule has 2 nitrogen and oxygen atoms in total. The number of fused-ring (bicyclic) bond motifs is 2. The third-order valence-corrected chi connectivity index (χ3v) is 8.28. The summed E-state index contributed by atoms with van der Waals surface area (Å²) >= 11 is 0. The van der Waals surface area contributed by atoms with Gasteiger partial charge in [0.1, 0.15) is 0 Å². The molecule has 0 N–H and O–H groups in total. The first-order valence-corrected chi connectivity index (χ1v) is 11.0. The lowest BCUT2D eigenvalue weighted by Gasteiger charge is -2.23. The molecule has 4 aromatic carbocycles. The summed E-state index contributed by atoms with van der Waals surface area (Å²) in [5.74, 6) is 0. The van der Waals surface area contributed by atoms with Crippen LogP contribution < -0.4 is 15.9 Å². The molecule has 0 atom stereocenters. The van der Waals surface area contributed by atoms with Crippen molar-refractivity contribution < 1.29 is 4.57 Å². The van der Waals surface area contributed by atoms with Gasteiger partial charge in [0.05, 0.1) is 11.0 Å². The number of hydrogen-bond donors (Lipinski definition) is 0. The van der Waals surface area contributed by atoms with E-state index < -0.39 is 7.14 Å². The monoisotopic (exact) mass is 379 g/mol. The van der Waals surface area contributed by atoms with Crippen LogP contribution in [0, 0.1) is 0 Å². The van der Waals surface area contributed by atoms with Gasteiger partial charge in [-0.3, -0.25) is 0 Å². The largest absolute Gasteiger partial charge is 0.309 e. The van der Waals surface area contributed by atoms with Crippen LogP contribution in [-0.2, 0) is 4.57 Å². The Morgan fingerprint density at radius 2 is 0.893 bits per heavy atom. The van der Waals surface area contributed by atoms with Crippen LogP contribution in [0.15, 0.2) is 109 Å². The average Bonchev–Trinajstić information content (AvgIpc) is 2.78. The summed E-state index contributed by atoms with van der Waals surface area (Å²) in [6, 6.07) is 35.6. The first kappa shape index (κ1) is 16.9. The molecule has 0 fully saturated rings. The molecule has 0 aliphatic carbocycles. The van der Waals surface area contributed by atoms with Crippen molar-refractivity contribution in [2.45, 2.75) is 0 Å². The van der Waals surface area contributed by atoms with Crippen molar-refractivity contribution in [2.75, 3.05) is 0 Å². The molecule has 28 heavy (non-hydrogen) atoms. The maximum absolute atomic E-state index is 15.0. The molecule has 0 aliphatic heterocycles. The minimum atomic E-state index is -3.11. The Bertz CT molecular complexity index is 1230. The van der Waals surface area contributed by atoms with E-state index in [0.717, 1.165) is 37.7 Å². The number of para-hydroxylation sites is 2. The Kier molecular flexibility index (Phi) is 4.07. The Morgan fingerprint density at radius 1 is 0.500 bits per heavy atom. The average molecular weight is 379 g/mol. The van der Waals surface area contributed by atoms with Gasteiger partial charge in [-0.15, -0.1) is 0 Å². The minimum absolute atomic E-state index is 0.836. The van der Waals surface area contributed by atoms with Crippen molar-refractivity contribution in [1.29, 1.82) is 0 Å². The van der Waals surface area contributed by atoms with Crippen molar-refractivity contribution in [3.63, 3.8) is 0 Å². The molecule has 5 aromatic rings. The third-order valence-electron chi connectivity index (χ3n) is 5.11. The number of aromatic nitrogens is 1. The molecule has 1 heterocycles. The van der Waals surface area contributed by atoms with Crippen LogP contribution in [0.25, 0.3) is 21.8 Å². The van der Waals surface area contributed by atoms with Crippen LogP contribution in [0.1, 0.15) is 0 Å². The van der Waals surface area contributed by atoms with Crippen molar-refractivity contribution in [3.8, 4) is 0 Å². The summed E-state index contributed by atoms with van der Waals surface area (Å²) < 4.78 is 15.0. The molecule has 0 saturated carbocycles. The highest BCUT2D eigenvalue weighted by Crippen LogP contribution is 2.46. The molecule has 1 aromatic heterocycles. The predicted octanol–water partition coefficient (Wildman–Crippen LogP) is 5.03. The Labute approximate surface area is 163 Å². The molecule has 0 radical (unpaired) electrons. The van der Waals surface area contributed by atoms with Crippen LogP contribution in [0.4, 0.5) is 0 Å². The molecule has 0 unspecified atom stereocenters. The van der Waals surface area contributed by atoms with E-state index in [2.05, 4.69) is 0 Å². The Hall–Kier alpha value is -3.22. The molecule has 0 amide bonds. The minimum Gasteiger partial charge on any atom is -0.309 e. The highest BCUT2D eigenvalue weighted by Gasteiger charge is 2.33.